The topological polar surface area (TPSA) is 137 Å². The molecule has 2 unspecified atom stereocenters. The molecule has 0 bridgehead atoms. The maximum absolute atomic E-state index is 11.6. The lowest BCUT2D eigenvalue weighted by Crippen LogP contribution is -2.29. The number of phosphoric acid groups is 1. The van der Waals surface area contributed by atoms with E-state index in [2.05, 4.69) is 19.1 Å². The van der Waals surface area contributed by atoms with Gasteiger partial charge < -0.3 is 19.7 Å². The minimum atomic E-state index is -4.39. The summed E-state index contributed by atoms with van der Waals surface area (Å²) in [4.78, 5) is 42.0. The van der Waals surface area contributed by atoms with Gasteiger partial charge in [0.05, 0.1) is 13.2 Å². The Bertz CT molecular complexity index is 454. The molecule has 134 valence electrons. The van der Waals surface area contributed by atoms with E-state index < -0.39 is 32.5 Å². The summed E-state index contributed by atoms with van der Waals surface area (Å²) in [5.41, 5.74) is 0. The van der Waals surface area contributed by atoms with Gasteiger partial charge in [0.1, 0.15) is 6.61 Å². The minimum Gasteiger partial charge on any atom is -0.462 e. The Balaban J connectivity index is 4.22. The van der Waals surface area contributed by atoms with E-state index >= 15 is 0 Å². The van der Waals surface area contributed by atoms with Crippen LogP contribution in [0.1, 0.15) is 27.2 Å². The van der Waals surface area contributed by atoms with Crippen LogP contribution in [0.3, 0.4) is 0 Å². The third-order valence-corrected chi connectivity index (χ3v) is 3.21. The Morgan fingerprint density at radius 1 is 1.13 bits per heavy atom. The zero-order chi connectivity index (χ0) is 17.9. The van der Waals surface area contributed by atoms with E-state index in [1.807, 2.05) is 0 Å². The molecule has 0 saturated carbocycles. The third-order valence-electron chi connectivity index (χ3n) is 2.23. The van der Waals surface area contributed by atoms with Crippen LogP contribution in [0, 0.1) is 0 Å². The van der Waals surface area contributed by atoms with Gasteiger partial charge in [0, 0.05) is 26.8 Å². The van der Waals surface area contributed by atoms with Crippen LogP contribution in [0.5, 0.6) is 0 Å². The molecule has 0 heterocycles. The second-order valence-corrected chi connectivity index (χ2v) is 5.79. The van der Waals surface area contributed by atoms with Crippen LogP contribution < -0.4 is 5.32 Å². The summed E-state index contributed by atoms with van der Waals surface area (Å²) in [6.07, 6.45) is -0.756. The van der Waals surface area contributed by atoms with E-state index in [1.165, 1.54) is 0 Å². The molecule has 1 amide bonds. The highest BCUT2D eigenvalue weighted by Gasteiger charge is 2.25. The number of carbonyl (C=O) groups is 3. The van der Waals surface area contributed by atoms with Crippen LogP contribution >= 0.6 is 7.82 Å². The summed E-state index contributed by atoms with van der Waals surface area (Å²) < 4.78 is 30.3. The summed E-state index contributed by atoms with van der Waals surface area (Å²) in [6.45, 7) is 2.95. The molecule has 0 aromatic rings. The lowest BCUT2D eigenvalue weighted by Gasteiger charge is -2.18. The number of phosphoric ester groups is 1. The first-order valence-corrected chi connectivity index (χ1v) is 8.35. The zero-order valence-corrected chi connectivity index (χ0v) is 14.2. The number of ether oxygens (including phenoxy) is 2. The van der Waals surface area contributed by atoms with Crippen LogP contribution in [0.15, 0.2) is 0 Å². The predicted molar refractivity (Wildman–Crippen MR) is 77.2 cm³/mol. The quantitative estimate of drug-likeness (QED) is 0.301. The molecule has 0 rings (SSSR count). The van der Waals surface area contributed by atoms with Gasteiger partial charge in [-0.05, 0) is 0 Å². The van der Waals surface area contributed by atoms with Crippen molar-refractivity contribution >= 4 is 25.7 Å². The molecule has 0 saturated heterocycles. The van der Waals surface area contributed by atoms with Gasteiger partial charge in [-0.3, -0.25) is 23.4 Å². The summed E-state index contributed by atoms with van der Waals surface area (Å²) >= 11 is 0. The van der Waals surface area contributed by atoms with Gasteiger partial charge in [-0.1, -0.05) is 6.92 Å². The number of carbonyl (C=O) groups excluding carboxylic acids is 3. The average molecular weight is 355 g/mol. The van der Waals surface area contributed by atoms with Crippen molar-refractivity contribution in [3.05, 3.63) is 0 Å². The molecule has 11 heteroatoms. The Hall–Kier alpha value is -1.48. The number of amides is 1. The van der Waals surface area contributed by atoms with Crippen molar-refractivity contribution in [1.82, 2.24) is 5.32 Å². The van der Waals surface area contributed by atoms with Gasteiger partial charge >= 0.3 is 19.8 Å². The first kappa shape index (κ1) is 21.5. The summed E-state index contributed by atoms with van der Waals surface area (Å²) in [5, 5.41) is 2.45. The fourth-order valence-corrected chi connectivity index (χ4v) is 2.00. The van der Waals surface area contributed by atoms with Crippen LogP contribution in [0.4, 0.5) is 0 Å². The van der Waals surface area contributed by atoms with Gasteiger partial charge in [-0.25, -0.2) is 4.57 Å². The fourth-order valence-electron chi connectivity index (χ4n) is 1.25. The smallest absolute Gasteiger partial charge is 0.462 e. The van der Waals surface area contributed by atoms with Crippen molar-refractivity contribution < 1.29 is 42.4 Å². The molecule has 2 N–H and O–H groups in total. The molecule has 2 atom stereocenters. The third kappa shape index (κ3) is 12.7. The maximum atomic E-state index is 11.6. The molecule has 0 aliphatic heterocycles. The second kappa shape index (κ2) is 11.1. The highest BCUT2D eigenvalue weighted by Crippen LogP contribution is 2.43. The molecule has 0 aromatic heterocycles. The van der Waals surface area contributed by atoms with Crippen LogP contribution in [0.25, 0.3) is 0 Å². The Morgan fingerprint density at radius 3 is 2.30 bits per heavy atom. The van der Waals surface area contributed by atoms with Gasteiger partial charge in [0.2, 0.25) is 5.91 Å². The van der Waals surface area contributed by atoms with Crippen molar-refractivity contribution in [1.29, 1.82) is 0 Å². The largest absolute Gasteiger partial charge is 0.472 e. The van der Waals surface area contributed by atoms with E-state index in [0.717, 1.165) is 13.8 Å². The first-order valence-electron chi connectivity index (χ1n) is 6.85. The molecule has 0 aromatic carbocycles. The van der Waals surface area contributed by atoms with Crippen LogP contribution in [0.2, 0.25) is 0 Å². The second-order valence-electron chi connectivity index (χ2n) is 4.34. The molecular formula is C12H22NO9P. The Kier molecular flexibility index (Phi) is 10.4. The SMILES string of the molecule is CCC(=O)NCCOP(=O)(O)OCC(COC(C)=O)OC(C)=O. The predicted octanol–water partition coefficient (Wildman–Crippen LogP) is 0.141. The number of nitrogens with one attached hydrogen (secondary N) is 1. The van der Waals surface area contributed by atoms with Gasteiger partial charge in [-0.2, -0.15) is 0 Å². The fraction of sp³-hybridized carbons (Fsp3) is 0.750. The van der Waals surface area contributed by atoms with E-state index in [4.69, 9.17) is 4.74 Å². The molecule has 0 aliphatic carbocycles. The number of hydrogen-bond donors (Lipinski definition) is 2. The number of esters is 2. The monoisotopic (exact) mass is 355 g/mol. The van der Waals surface area contributed by atoms with E-state index in [1.54, 1.807) is 6.92 Å². The average Bonchev–Trinajstić information content (AvgIpc) is 2.45. The lowest BCUT2D eigenvalue weighted by atomic mass is 10.4. The summed E-state index contributed by atoms with van der Waals surface area (Å²) in [7, 11) is -4.39. The summed E-state index contributed by atoms with van der Waals surface area (Å²) in [6, 6.07) is 0. The van der Waals surface area contributed by atoms with E-state index in [0.29, 0.717) is 0 Å². The van der Waals surface area contributed by atoms with Crippen LogP contribution in [-0.2, 0) is 37.5 Å². The molecule has 0 spiro atoms. The van der Waals surface area contributed by atoms with Gasteiger partial charge in [0.15, 0.2) is 6.10 Å². The Labute approximate surface area is 134 Å². The van der Waals surface area contributed by atoms with E-state index in [9.17, 15) is 23.8 Å². The van der Waals surface area contributed by atoms with Crippen molar-refractivity contribution in [3.63, 3.8) is 0 Å². The standard InChI is InChI=1S/C12H22NO9P/c1-4-12(16)13-5-6-20-23(17,18)21-8-11(22-10(3)15)7-19-9(2)14/h11H,4-8H2,1-3H3,(H,13,16)(H,17,18). The zero-order valence-electron chi connectivity index (χ0n) is 13.3. The number of rotatable bonds is 11. The van der Waals surface area contributed by atoms with Crippen molar-refractivity contribution in [2.24, 2.45) is 0 Å². The van der Waals surface area contributed by atoms with Crippen molar-refractivity contribution in [2.75, 3.05) is 26.4 Å². The normalized spacial score (nSPS) is 14.4. The molecule has 0 fully saturated rings. The van der Waals surface area contributed by atoms with Crippen LogP contribution in [-0.4, -0.2) is 55.2 Å². The van der Waals surface area contributed by atoms with Crippen molar-refractivity contribution in [2.45, 2.75) is 33.3 Å². The van der Waals surface area contributed by atoms with Gasteiger partial charge in [0.25, 0.3) is 0 Å². The number of hydrogen-bond acceptors (Lipinski definition) is 8. The molecule has 10 nitrogen and oxygen atoms in total. The maximum Gasteiger partial charge on any atom is 0.472 e. The molecule has 0 aliphatic rings. The summed E-state index contributed by atoms with van der Waals surface area (Å²) in [5.74, 6) is -1.49. The Morgan fingerprint density at radius 2 is 1.78 bits per heavy atom. The minimum absolute atomic E-state index is 0.0431. The highest BCUT2D eigenvalue weighted by atomic mass is 31.2. The molecule has 23 heavy (non-hydrogen) atoms. The highest BCUT2D eigenvalue weighted by molar-refractivity contribution is 7.47. The van der Waals surface area contributed by atoms with E-state index in [-0.39, 0.29) is 32.1 Å². The molecule has 0 radical (unpaired) electrons. The van der Waals surface area contributed by atoms with Gasteiger partial charge in [-0.15, -0.1) is 0 Å². The molecular weight excluding hydrogens is 333 g/mol. The lowest BCUT2D eigenvalue weighted by molar-refractivity contribution is -0.158. The first-order chi connectivity index (χ1) is 10.7. The van der Waals surface area contributed by atoms with Crippen molar-refractivity contribution in [3.8, 4) is 0 Å².